The first-order valence-corrected chi connectivity index (χ1v) is 13.1. The number of fused-ring (bicyclic) bond motifs is 1. The van der Waals surface area contributed by atoms with E-state index in [1.165, 1.54) is 11.3 Å². The summed E-state index contributed by atoms with van der Waals surface area (Å²) in [6.45, 7) is 7.34. The topological polar surface area (TPSA) is 72.8 Å². The van der Waals surface area contributed by atoms with Gasteiger partial charge in [-0.1, -0.05) is 18.5 Å². The molecular formula is C24H32ClN5O2S. The lowest BCUT2D eigenvalue weighted by Crippen LogP contribution is -2.56. The molecule has 2 fully saturated rings. The minimum Gasteiger partial charge on any atom is -0.387 e. The predicted octanol–water partition coefficient (Wildman–Crippen LogP) is 3.65. The van der Waals surface area contributed by atoms with Gasteiger partial charge in [0.1, 0.15) is 12.1 Å². The molecule has 2 aromatic rings. The third kappa shape index (κ3) is 4.16. The van der Waals surface area contributed by atoms with Crippen molar-refractivity contribution >= 4 is 34.7 Å². The fourth-order valence-corrected chi connectivity index (χ4v) is 7.14. The molecule has 1 amide bonds. The number of likely N-dealkylation sites (N-methyl/N-ethyl adjacent to an activating group) is 1. The van der Waals surface area contributed by atoms with Crippen LogP contribution in [0.3, 0.4) is 0 Å². The third-order valence-corrected chi connectivity index (χ3v) is 8.93. The average molecular weight is 490 g/mol. The van der Waals surface area contributed by atoms with Crippen molar-refractivity contribution in [1.82, 2.24) is 19.8 Å². The zero-order valence-corrected chi connectivity index (χ0v) is 21.0. The fraction of sp³-hybridized carbons (Fsp3) is 0.625. The van der Waals surface area contributed by atoms with Gasteiger partial charge in [-0.2, -0.15) is 0 Å². The molecule has 33 heavy (non-hydrogen) atoms. The van der Waals surface area contributed by atoms with E-state index >= 15 is 0 Å². The van der Waals surface area contributed by atoms with E-state index in [4.69, 9.17) is 11.6 Å². The summed E-state index contributed by atoms with van der Waals surface area (Å²) in [5.74, 6) is 1.17. The van der Waals surface area contributed by atoms with E-state index in [9.17, 15) is 9.90 Å². The van der Waals surface area contributed by atoms with E-state index in [-0.39, 0.29) is 29.8 Å². The van der Waals surface area contributed by atoms with E-state index < -0.39 is 6.10 Å². The number of piperazine rings is 1. The minimum absolute atomic E-state index is 0.125. The highest BCUT2D eigenvalue weighted by Gasteiger charge is 2.41. The average Bonchev–Trinajstić information content (AvgIpc) is 3.48. The molecule has 2 saturated heterocycles. The van der Waals surface area contributed by atoms with Gasteiger partial charge in [0.2, 0.25) is 5.91 Å². The second kappa shape index (κ2) is 9.13. The van der Waals surface area contributed by atoms with Gasteiger partial charge >= 0.3 is 0 Å². The quantitative estimate of drug-likeness (QED) is 0.706. The summed E-state index contributed by atoms with van der Waals surface area (Å²) in [7, 11) is 2.12. The Balaban J connectivity index is 1.37. The maximum atomic E-state index is 13.9. The van der Waals surface area contributed by atoms with Crippen molar-refractivity contribution in [2.75, 3.05) is 38.1 Å². The zero-order chi connectivity index (χ0) is 23.3. The molecule has 1 N–H and O–H groups in total. The normalized spacial score (nSPS) is 28.9. The van der Waals surface area contributed by atoms with Gasteiger partial charge in [-0.25, -0.2) is 9.97 Å². The SMILES string of the molecule is C[C@@H]1C[C@@H](O)c2ncnc(N3CCN(C(=O)[C@@H](c4ccc(Cl)s4)[C@@H]4CCCN4C)C[C@@H]3C)c21. The van der Waals surface area contributed by atoms with Crippen molar-refractivity contribution in [3.63, 3.8) is 0 Å². The van der Waals surface area contributed by atoms with Crippen LogP contribution in [0, 0.1) is 0 Å². The summed E-state index contributed by atoms with van der Waals surface area (Å²) >= 11 is 7.79. The monoisotopic (exact) mass is 489 g/mol. The standard InChI is InChI=1S/C24H32ClN5O2S/c1-14-11-17(31)22-20(14)23(27-13-26-22)30-10-9-29(12-15(30)2)24(32)21(16-5-4-8-28(16)3)18-6-7-19(25)33-18/h6-7,13-17,21,31H,4-5,8-12H2,1-3H3/t14-,15+,16+,17-,21-/m1/s1. The lowest BCUT2D eigenvalue weighted by atomic mass is 9.93. The first-order valence-electron chi connectivity index (χ1n) is 11.9. The van der Waals surface area contributed by atoms with Crippen LogP contribution in [-0.2, 0) is 4.79 Å². The van der Waals surface area contributed by atoms with Crippen LogP contribution < -0.4 is 4.90 Å². The fourth-order valence-electron chi connectivity index (χ4n) is 5.93. The van der Waals surface area contributed by atoms with Crippen molar-refractivity contribution in [2.45, 2.75) is 63.1 Å². The molecule has 0 aromatic carbocycles. The Morgan fingerprint density at radius 3 is 2.73 bits per heavy atom. The number of likely N-dealkylation sites (tertiary alicyclic amines) is 1. The van der Waals surface area contributed by atoms with Crippen LogP contribution in [0.15, 0.2) is 18.5 Å². The molecular weight excluding hydrogens is 458 g/mol. The van der Waals surface area contributed by atoms with Gasteiger partial charge in [0.25, 0.3) is 0 Å². The number of thiophene rings is 1. The lowest BCUT2D eigenvalue weighted by Gasteiger charge is -2.43. The van der Waals surface area contributed by atoms with Crippen molar-refractivity contribution in [2.24, 2.45) is 0 Å². The van der Waals surface area contributed by atoms with E-state index in [0.717, 1.165) is 52.2 Å². The molecule has 5 rings (SSSR count). The van der Waals surface area contributed by atoms with E-state index in [1.54, 1.807) is 6.33 Å². The zero-order valence-electron chi connectivity index (χ0n) is 19.4. The molecule has 0 unspecified atom stereocenters. The highest BCUT2D eigenvalue weighted by Crippen LogP contribution is 2.43. The molecule has 9 heteroatoms. The Bertz CT molecular complexity index is 1030. The maximum absolute atomic E-state index is 13.9. The van der Waals surface area contributed by atoms with Gasteiger partial charge in [0.15, 0.2) is 0 Å². The number of anilines is 1. The van der Waals surface area contributed by atoms with Gasteiger partial charge in [0, 0.05) is 42.2 Å². The van der Waals surface area contributed by atoms with Crippen molar-refractivity contribution in [3.05, 3.63) is 38.9 Å². The van der Waals surface area contributed by atoms with E-state index in [1.807, 2.05) is 17.0 Å². The Hall–Kier alpha value is -1.74. The molecule has 0 saturated carbocycles. The largest absolute Gasteiger partial charge is 0.387 e. The van der Waals surface area contributed by atoms with Gasteiger partial charge in [-0.15, -0.1) is 11.3 Å². The number of nitrogens with zero attached hydrogens (tertiary/aromatic N) is 5. The highest BCUT2D eigenvalue weighted by atomic mass is 35.5. The molecule has 0 radical (unpaired) electrons. The number of hydrogen-bond donors (Lipinski definition) is 1. The molecule has 178 valence electrons. The summed E-state index contributed by atoms with van der Waals surface area (Å²) in [6.07, 6.45) is 3.89. The lowest BCUT2D eigenvalue weighted by molar-refractivity contribution is -0.134. The summed E-state index contributed by atoms with van der Waals surface area (Å²) in [6, 6.07) is 4.27. The second-order valence-electron chi connectivity index (χ2n) is 9.79. The number of carbonyl (C=O) groups excluding carboxylic acids is 1. The molecule has 0 bridgehead atoms. The molecule has 7 nitrogen and oxygen atoms in total. The summed E-state index contributed by atoms with van der Waals surface area (Å²) in [4.78, 5) is 30.6. The molecule has 2 aromatic heterocycles. The molecule has 2 aliphatic heterocycles. The molecule has 3 aliphatic rings. The van der Waals surface area contributed by atoms with Gasteiger partial charge in [0.05, 0.1) is 22.1 Å². The van der Waals surface area contributed by atoms with Crippen LogP contribution >= 0.6 is 22.9 Å². The van der Waals surface area contributed by atoms with Gasteiger partial charge in [-0.05, 0) is 57.8 Å². The Morgan fingerprint density at radius 2 is 2.06 bits per heavy atom. The van der Waals surface area contributed by atoms with E-state index in [2.05, 4.69) is 40.7 Å². The smallest absolute Gasteiger partial charge is 0.232 e. The number of aliphatic hydroxyl groups is 1. The molecule has 5 atom stereocenters. The van der Waals surface area contributed by atoms with Crippen molar-refractivity contribution in [3.8, 4) is 0 Å². The number of amides is 1. The van der Waals surface area contributed by atoms with Crippen LogP contribution in [0.2, 0.25) is 4.34 Å². The van der Waals surface area contributed by atoms with Crippen molar-refractivity contribution in [1.29, 1.82) is 0 Å². The predicted molar refractivity (Wildman–Crippen MR) is 131 cm³/mol. The Labute approximate surface area is 204 Å². The number of carbonyl (C=O) groups is 1. The molecule has 4 heterocycles. The number of aromatic nitrogens is 2. The van der Waals surface area contributed by atoms with Crippen LogP contribution in [0.1, 0.15) is 67.2 Å². The number of halogens is 1. The second-order valence-corrected chi connectivity index (χ2v) is 11.5. The third-order valence-electron chi connectivity index (χ3n) is 7.62. The number of hydrogen-bond acceptors (Lipinski definition) is 7. The summed E-state index contributed by atoms with van der Waals surface area (Å²) in [5.41, 5.74) is 1.83. The first kappa shape index (κ1) is 23.0. The van der Waals surface area contributed by atoms with E-state index in [0.29, 0.717) is 19.5 Å². The van der Waals surface area contributed by atoms with Gasteiger partial charge in [-0.3, -0.25) is 4.79 Å². The van der Waals surface area contributed by atoms with Crippen LogP contribution in [-0.4, -0.2) is 76.1 Å². The minimum atomic E-state index is -0.517. The molecule has 1 aliphatic carbocycles. The highest BCUT2D eigenvalue weighted by molar-refractivity contribution is 7.16. The van der Waals surface area contributed by atoms with Crippen molar-refractivity contribution < 1.29 is 9.90 Å². The van der Waals surface area contributed by atoms with Crippen LogP contribution in [0.4, 0.5) is 5.82 Å². The van der Waals surface area contributed by atoms with Crippen LogP contribution in [0.5, 0.6) is 0 Å². The van der Waals surface area contributed by atoms with Crippen LogP contribution in [0.25, 0.3) is 0 Å². The maximum Gasteiger partial charge on any atom is 0.232 e. The number of aliphatic hydroxyl groups excluding tert-OH is 1. The number of rotatable bonds is 4. The Kier molecular flexibility index (Phi) is 6.37. The Morgan fingerprint density at radius 1 is 1.24 bits per heavy atom. The summed E-state index contributed by atoms with van der Waals surface area (Å²) < 4.78 is 0.732. The first-order chi connectivity index (χ1) is 15.8. The molecule has 0 spiro atoms. The van der Waals surface area contributed by atoms with Gasteiger partial charge < -0.3 is 19.8 Å². The summed E-state index contributed by atoms with van der Waals surface area (Å²) in [5, 5.41) is 10.4.